The normalized spacial score (nSPS) is 10.2. The Bertz CT molecular complexity index is 584. The molecule has 4 heteroatoms. The van der Waals surface area contributed by atoms with Crippen molar-refractivity contribution in [3.05, 3.63) is 65.5 Å². The number of para-hydroxylation sites is 1. The SMILES string of the molecule is NC(=O)Cc1ccccc1NCc1cccc(F)c1. The van der Waals surface area contributed by atoms with E-state index in [0.717, 1.165) is 16.8 Å². The topological polar surface area (TPSA) is 55.1 Å². The highest BCUT2D eigenvalue weighted by atomic mass is 19.1. The maximum absolute atomic E-state index is 13.1. The monoisotopic (exact) mass is 258 g/mol. The lowest BCUT2D eigenvalue weighted by molar-refractivity contribution is -0.117. The van der Waals surface area contributed by atoms with Crippen molar-refractivity contribution in [2.24, 2.45) is 5.73 Å². The van der Waals surface area contributed by atoms with E-state index >= 15 is 0 Å². The summed E-state index contributed by atoms with van der Waals surface area (Å²) >= 11 is 0. The van der Waals surface area contributed by atoms with Crippen LogP contribution in [-0.2, 0) is 17.8 Å². The molecule has 0 aliphatic carbocycles. The minimum Gasteiger partial charge on any atom is -0.381 e. The molecule has 0 unspecified atom stereocenters. The van der Waals surface area contributed by atoms with Crippen LogP contribution in [-0.4, -0.2) is 5.91 Å². The van der Waals surface area contributed by atoms with Gasteiger partial charge in [0.2, 0.25) is 5.91 Å². The van der Waals surface area contributed by atoms with E-state index in [4.69, 9.17) is 5.73 Å². The molecule has 0 saturated carbocycles. The minimum atomic E-state index is -0.375. The third-order valence-electron chi connectivity index (χ3n) is 2.75. The summed E-state index contributed by atoms with van der Waals surface area (Å²) in [6.07, 6.45) is 0.187. The van der Waals surface area contributed by atoms with Gasteiger partial charge in [0.05, 0.1) is 6.42 Å². The summed E-state index contributed by atoms with van der Waals surface area (Å²) in [5.41, 5.74) is 7.72. The summed E-state index contributed by atoms with van der Waals surface area (Å²) in [5.74, 6) is -0.635. The highest BCUT2D eigenvalue weighted by Gasteiger charge is 2.04. The molecule has 0 radical (unpaired) electrons. The van der Waals surface area contributed by atoms with E-state index in [2.05, 4.69) is 5.32 Å². The molecule has 19 heavy (non-hydrogen) atoms. The first-order valence-corrected chi connectivity index (χ1v) is 5.99. The van der Waals surface area contributed by atoms with Crippen molar-refractivity contribution >= 4 is 11.6 Å². The van der Waals surface area contributed by atoms with Crippen molar-refractivity contribution in [1.29, 1.82) is 0 Å². The summed E-state index contributed by atoms with van der Waals surface area (Å²) in [4.78, 5) is 11.0. The Labute approximate surface area is 111 Å². The standard InChI is InChI=1S/C15H15FN2O/c16-13-6-3-4-11(8-13)10-18-14-7-2-1-5-12(14)9-15(17)19/h1-8,18H,9-10H2,(H2,17,19). The number of amides is 1. The second kappa shape index (κ2) is 6.00. The van der Waals surface area contributed by atoms with Crippen LogP contribution in [0.4, 0.5) is 10.1 Å². The molecule has 0 bridgehead atoms. The molecular formula is C15H15FN2O. The minimum absolute atomic E-state index is 0.187. The maximum atomic E-state index is 13.1. The predicted octanol–water partition coefficient (Wildman–Crippen LogP) is 2.47. The van der Waals surface area contributed by atoms with Crippen LogP contribution in [0.2, 0.25) is 0 Å². The highest BCUT2D eigenvalue weighted by Crippen LogP contribution is 2.16. The first-order valence-electron chi connectivity index (χ1n) is 5.99. The summed E-state index contributed by atoms with van der Waals surface area (Å²) < 4.78 is 13.1. The number of carbonyl (C=O) groups is 1. The zero-order valence-electron chi connectivity index (χ0n) is 10.4. The second-order valence-corrected chi connectivity index (χ2v) is 4.28. The van der Waals surface area contributed by atoms with Gasteiger partial charge in [-0.1, -0.05) is 30.3 Å². The molecule has 0 aliphatic heterocycles. The van der Waals surface area contributed by atoms with E-state index in [1.807, 2.05) is 30.3 Å². The van der Waals surface area contributed by atoms with Gasteiger partial charge in [-0.15, -0.1) is 0 Å². The van der Waals surface area contributed by atoms with Crippen molar-refractivity contribution < 1.29 is 9.18 Å². The number of primary amides is 1. The fourth-order valence-corrected chi connectivity index (χ4v) is 1.88. The third kappa shape index (κ3) is 3.81. The Morgan fingerprint density at radius 2 is 1.95 bits per heavy atom. The molecule has 98 valence electrons. The molecule has 3 N–H and O–H groups in total. The smallest absolute Gasteiger partial charge is 0.221 e. The quantitative estimate of drug-likeness (QED) is 0.865. The molecule has 0 fully saturated rings. The fraction of sp³-hybridized carbons (Fsp3) is 0.133. The van der Waals surface area contributed by atoms with Gasteiger partial charge < -0.3 is 11.1 Å². The van der Waals surface area contributed by atoms with E-state index in [0.29, 0.717) is 6.54 Å². The molecule has 1 amide bonds. The Balaban J connectivity index is 2.09. The molecule has 0 atom stereocenters. The number of benzene rings is 2. The Morgan fingerprint density at radius 3 is 2.68 bits per heavy atom. The van der Waals surface area contributed by atoms with E-state index < -0.39 is 0 Å². The van der Waals surface area contributed by atoms with Crippen LogP contribution in [0, 0.1) is 5.82 Å². The van der Waals surface area contributed by atoms with Crippen molar-refractivity contribution in [2.45, 2.75) is 13.0 Å². The third-order valence-corrected chi connectivity index (χ3v) is 2.75. The molecule has 0 heterocycles. The van der Waals surface area contributed by atoms with Gasteiger partial charge >= 0.3 is 0 Å². The average Bonchev–Trinajstić information content (AvgIpc) is 2.37. The van der Waals surface area contributed by atoms with Crippen molar-refractivity contribution in [2.75, 3.05) is 5.32 Å². The summed E-state index contributed by atoms with van der Waals surface area (Å²) in [6, 6.07) is 13.8. The summed E-state index contributed by atoms with van der Waals surface area (Å²) in [6.45, 7) is 0.494. The van der Waals surface area contributed by atoms with Crippen LogP contribution in [0.15, 0.2) is 48.5 Å². The molecule has 2 aromatic rings. The number of rotatable bonds is 5. The van der Waals surface area contributed by atoms with Crippen molar-refractivity contribution in [3.8, 4) is 0 Å². The van der Waals surface area contributed by atoms with Gasteiger partial charge in [0.25, 0.3) is 0 Å². The maximum Gasteiger partial charge on any atom is 0.221 e. The highest BCUT2D eigenvalue weighted by molar-refractivity contribution is 5.78. The molecule has 0 spiro atoms. The van der Waals surface area contributed by atoms with Crippen LogP contribution in [0.3, 0.4) is 0 Å². The van der Waals surface area contributed by atoms with Crippen LogP contribution in [0.1, 0.15) is 11.1 Å². The lowest BCUT2D eigenvalue weighted by Crippen LogP contribution is -2.15. The summed E-state index contributed by atoms with van der Waals surface area (Å²) in [7, 11) is 0. The second-order valence-electron chi connectivity index (χ2n) is 4.28. The first-order chi connectivity index (χ1) is 9.15. The van der Waals surface area contributed by atoms with Gasteiger partial charge in [-0.05, 0) is 29.3 Å². The van der Waals surface area contributed by atoms with Crippen LogP contribution >= 0.6 is 0 Å². The zero-order chi connectivity index (χ0) is 13.7. The summed E-state index contributed by atoms with van der Waals surface area (Å²) in [5, 5.41) is 3.19. The lowest BCUT2D eigenvalue weighted by Gasteiger charge is -2.11. The molecule has 2 aromatic carbocycles. The molecular weight excluding hydrogens is 243 g/mol. The molecule has 0 aromatic heterocycles. The molecule has 0 aliphatic rings. The fourth-order valence-electron chi connectivity index (χ4n) is 1.88. The van der Waals surface area contributed by atoms with Gasteiger partial charge in [0.15, 0.2) is 0 Å². The van der Waals surface area contributed by atoms with E-state index in [1.165, 1.54) is 12.1 Å². The van der Waals surface area contributed by atoms with E-state index in [1.54, 1.807) is 6.07 Å². The van der Waals surface area contributed by atoms with Gasteiger partial charge in [-0.2, -0.15) is 0 Å². The number of halogens is 1. The Morgan fingerprint density at radius 1 is 1.16 bits per heavy atom. The van der Waals surface area contributed by atoms with Crippen LogP contribution in [0.5, 0.6) is 0 Å². The number of hydrogen-bond donors (Lipinski definition) is 2. The molecule has 0 saturated heterocycles. The Kier molecular flexibility index (Phi) is 4.13. The number of nitrogens with two attached hydrogens (primary N) is 1. The average molecular weight is 258 g/mol. The van der Waals surface area contributed by atoms with Crippen molar-refractivity contribution in [1.82, 2.24) is 0 Å². The predicted molar refractivity (Wildman–Crippen MR) is 73.1 cm³/mol. The first kappa shape index (κ1) is 13.1. The largest absolute Gasteiger partial charge is 0.381 e. The van der Waals surface area contributed by atoms with Gasteiger partial charge in [0.1, 0.15) is 5.82 Å². The van der Waals surface area contributed by atoms with Crippen LogP contribution in [0.25, 0.3) is 0 Å². The number of nitrogens with one attached hydrogen (secondary N) is 1. The van der Waals surface area contributed by atoms with Gasteiger partial charge in [-0.25, -0.2) is 4.39 Å². The van der Waals surface area contributed by atoms with Crippen molar-refractivity contribution in [3.63, 3.8) is 0 Å². The van der Waals surface area contributed by atoms with Crippen LogP contribution < -0.4 is 11.1 Å². The Hall–Kier alpha value is -2.36. The van der Waals surface area contributed by atoms with E-state index in [-0.39, 0.29) is 18.1 Å². The van der Waals surface area contributed by atoms with Gasteiger partial charge in [-0.3, -0.25) is 4.79 Å². The number of hydrogen-bond acceptors (Lipinski definition) is 2. The number of carbonyl (C=O) groups excluding carboxylic acids is 1. The zero-order valence-corrected chi connectivity index (χ0v) is 10.4. The molecule has 3 nitrogen and oxygen atoms in total. The van der Waals surface area contributed by atoms with Gasteiger partial charge in [0, 0.05) is 12.2 Å². The van der Waals surface area contributed by atoms with E-state index in [9.17, 15) is 9.18 Å². The number of anilines is 1. The lowest BCUT2D eigenvalue weighted by atomic mass is 10.1. The molecule has 2 rings (SSSR count).